The van der Waals surface area contributed by atoms with Gasteiger partial charge in [0.1, 0.15) is 17.5 Å². The molecule has 9 nitrogen and oxygen atoms in total. The van der Waals surface area contributed by atoms with Gasteiger partial charge in [-0.15, -0.1) is 0 Å². The van der Waals surface area contributed by atoms with Gasteiger partial charge in [0, 0.05) is 10.9 Å². The lowest BCUT2D eigenvalue weighted by molar-refractivity contribution is -0.124. The summed E-state index contributed by atoms with van der Waals surface area (Å²) >= 11 is 0. The Labute approximate surface area is 150 Å². The number of hydrogen-bond acceptors (Lipinski definition) is 4. The number of fused-ring (bicyclic) bond motifs is 1. The fraction of sp³-hybridized carbons (Fsp3) is 0.353. The third kappa shape index (κ3) is 4.65. The summed E-state index contributed by atoms with van der Waals surface area (Å²) in [6.45, 7) is 3.79. The number of carboxylic acid groups (broad SMARTS) is 1. The molecule has 1 aromatic carbocycles. The first kappa shape index (κ1) is 19.1. The molecule has 0 aliphatic rings. The molecule has 0 saturated carbocycles. The molecule has 0 saturated heterocycles. The summed E-state index contributed by atoms with van der Waals surface area (Å²) in [5.41, 5.74) is 4.85. The molecule has 1 unspecified atom stereocenters. The number of amides is 3. The number of H-pyrrole nitrogens is 1. The highest BCUT2D eigenvalue weighted by molar-refractivity contribution is 6.01. The minimum absolute atomic E-state index is 0.110. The van der Waals surface area contributed by atoms with Crippen molar-refractivity contribution in [3.8, 4) is 5.75 Å². The van der Waals surface area contributed by atoms with Crippen LogP contribution in [0.2, 0.25) is 0 Å². The van der Waals surface area contributed by atoms with Crippen molar-refractivity contribution < 1.29 is 24.2 Å². The SMILES string of the molecule is COc1cccc2[nH]c(C(=O)NC(CC(C)C)C(=O)NNC(=O)O)cc12. The highest BCUT2D eigenvalue weighted by Gasteiger charge is 2.24. The van der Waals surface area contributed by atoms with Crippen LogP contribution in [0, 0.1) is 5.92 Å². The van der Waals surface area contributed by atoms with Gasteiger partial charge in [0.05, 0.1) is 7.11 Å². The summed E-state index contributed by atoms with van der Waals surface area (Å²) in [5, 5.41) is 12.0. The summed E-state index contributed by atoms with van der Waals surface area (Å²) in [6.07, 6.45) is -1.04. The van der Waals surface area contributed by atoms with E-state index >= 15 is 0 Å². The first-order chi connectivity index (χ1) is 12.3. The third-order valence-electron chi connectivity index (χ3n) is 3.71. The highest BCUT2D eigenvalue weighted by Crippen LogP contribution is 2.26. The van der Waals surface area contributed by atoms with Gasteiger partial charge >= 0.3 is 6.09 Å². The van der Waals surface area contributed by atoms with Gasteiger partial charge in [-0.2, -0.15) is 0 Å². The molecule has 0 aliphatic heterocycles. The van der Waals surface area contributed by atoms with Gasteiger partial charge < -0.3 is 20.1 Å². The van der Waals surface area contributed by atoms with Crippen molar-refractivity contribution >= 4 is 28.8 Å². The van der Waals surface area contributed by atoms with Crippen LogP contribution in [0.15, 0.2) is 24.3 Å². The fourth-order valence-corrected chi connectivity index (χ4v) is 2.57. The van der Waals surface area contributed by atoms with Crippen molar-refractivity contribution in [3.63, 3.8) is 0 Å². The Morgan fingerprint density at radius 1 is 1.23 bits per heavy atom. The monoisotopic (exact) mass is 362 g/mol. The van der Waals surface area contributed by atoms with Crippen molar-refractivity contribution in [1.82, 2.24) is 21.2 Å². The third-order valence-corrected chi connectivity index (χ3v) is 3.71. The molecule has 0 fully saturated rings. The number of aromatic amines is 1. The summed E-state index contributed by atoms with van der Waals surface area (Å²) < 4.78 is 5.27. The number of benzene rings is 1. The van der Waals surface area contributed by atoms with Gasteiger partial charge in [-0.3, -0.25) is 15.0 Å². The van der Waals surface area contributed by atoms with Gasteiger partial charge in [0.15, 0.2) is 0 Å². The molecule has 5 N–H and O–H groups in total. The zero-order chi connectivity index (χ0) is 19.3. The predicted molar refractivity (Wildman–Crippen MR) is 94.9 cm³/mol. The van der Waals surface area contributed by atoms with Crippen LogP contribution in [-0.4, -0.2) is 41.1 Å². The lowest BCUT2D eigenvalue weighted by atomic mass is 10.0. The Morgan fingerprint density at radius 3 is 2.58 bits per heavy atom. The molecule has 3 amide bonds. The Bertz CT molecular complexity index is 815. The van der Waals surface area contributed by atoms with Gasteiger partial charge in [0.2, 0.25) is 0 Å². The molecule has 0 spiro atoms. The Kier molecular flexibility index (Phi) is 6.05. The largest absolute Gasteiger partial charge is 0.496 e. The van der Waals surface area contributed by atoms with E-state index in [-0.39, 0.29) is 11.6 Å². The number of nitrogens with one attached hydrogen (secondary N) is 4. The van der Waals surface area contributed by atoms with E-state index in [1.807, 2.05) is 19.9 Å². The second kappa shape index (κ2) is 8.24. The number of hydrogen-bond donors (Lipinski definition) is 5. The maximum atomic E-state index is 12.5. The smallest absolute Gasteiger partial charge is 0.423 e. The number of carbonyl (C=O) groups excluding carboxylic acids is 2. The quantitative estimate of drug-likeness (QED) is 0.498. The van der Waals surface area contributed by atoms with Crippen molar-refractivity contribution in [2.75, 3.05) is 7.11 Å². The zero-order valence-electron chi connectivity index (χ0n) is 14.8. The standard InChI is InChI=1S/C17H22N4O5/c1-9(2)7-12(16(23)20-21-17(24)25)19-15(22)13-8-10-11(18-13)5-4-6-14(10)26-3/h4-6,8-9,12,18,21H,7H2,1-3H3,(H,19,22)(H,20,23)(H,24,25). The summed E-state index contributed by atoms with van der Waals surface area (Å²) in [7, 11) is 1.54. The van der Waals surface area contributed by atoms with Crippen molar-refractivity contribution in [1.29, 1.82) is 0 Å². The molecular formula is C17H22N4O5. The van der Waals surface area contributed by atoms with Crippen LogP contribution in [0.25, 0.3) is 10.9 Å². The molecule has 0 bridgehead atoms. The second-order valence-electron chi connectivity index (χ2n) is 6.18. The fourth-order valence-electron chi connectivity index (χ4n) is 2.57. The predicted octanol–water partition coefficient (Wildman–Crippen LogP) is 1.62. The summed E-state index contributed by atoms with van der Waals surface area (Å²) in [6, 6.07) is 6.14. The van der Waals surface area contributed by atoms with E-state index < -0.39 is 23.9 Å². The van der Waals surface area contributed by atoms with Crippen LogP contribution in [0.1, 0.15) is 30.8 Å². The number of rotatable bonds is 6. The zero-order valence-corrected chi connectivity index (χ0v) is 14.8. The van der Waals surface area contributed by atoms with Crippen LogP contribution in [0.3, 0.4) is 0 Å². The lowest BCUT2D eigenvalue weighted by Gasteiger charge is -2.19. The van der Waals surface area contributed by atoms with Crippen molar-refractivity contribution in [2.45, 2.75) is 26.3 Å². The molecule has 1 atom stereocenters. The molecule has 1 heterocycles. The molecule has 2 aromatic rings. The van der Waals surface area contributed by atoms with Crippen molar-refractivity contribution in [3.05, 3.63) is 30.0 Å². The molecule has 0 aliphatic carbocycles. The second-order valence-corrected chi connectivity index (χ2v) is 6.18. The molecule has 2 rings (SSSR count). The summed E-state index contributed by atoms with van der Waals surface area (Å²) in [5.74, 6) is -0.374. The van der Waals surface area contributed by atoms with E-state index in [4.69, 9.17) is 9.84 Å². The van der Waals surface area contributed by atoms with Crippen LogP contribution in [0.5, 0.6) is 5.75 Å². The van der Waals surface area contributed by atoms with Gasteiger partial charge in [-0.05, 0) is 30.5 Å². The minimum Gasteiger partial charge on any atom is -0.496 e. The number of methoxy groups -OCH3 is 1. The maximum absolute atomic E-state index is 12.5. The maximum Gasteiger partial charge on any atom is 0.423 e. The summed E-state index contributed by atoms with van der Waals surface area (Å²) in [4.78, 5) is 38.2. The van der Waals surface area contributed by atoms with Crippen LogP contribution >= 0.6 is 0 Å². The van der Waals surface area contributed by atoms with Gasteiger partial charge in [0.25, 0.3) is 11.8 Å². The van der Waals surface area contributed by atoms with E-state index in [1.54, 1.807) is 30.7 Å². The first-order valence-corrected chi connectivity index (χ1v) is 8.07. The molecule has 140 valence electrons. The molecular weight excluding hydrogens is 340 g/mol. The number of carbonyl (C=O) groups is 3. The van der Waals surface area contributed by atoms with Gasteiger partial charge in [-0.25, -0.2) is 10.2 Å². The normalized spacial score (nSPS) is 11.8. The molecule has 1 aromatic heterocycles. The Morgan fingerprint density at radius 2 is 1.96 bits per heavy atom. The minimum atomic E-state index is -1.39. The molecule has 0 radical (unpaired) electrons. The van der Waals surface area contributed by atoms with E-state index in [0.717, 1.165) is 10.9 Å². The van der Waals surface area contributed by atoms with Crippen LogP contribution in [0.4, 0.5) is 4.79 Å². The Hall–Kier alpha value is -3.23. The first-order valence-electron chi connectivity index (χ1n) is 8.07. The topological polar surface area (TPSA) is 133 Å². The Balaban J connectivity index is 2.18. The lowest BCUT2D eigenvalue weighted by Crippen LogP contribution is -2.52. The van der Waals surface area contributed by atoms with E-state index in [2.05, 4.69) is 15.7 Å². The number of aromatic nitrogens is 1. The van der Waals surface area contributed by atoms with Crippen LogP contribution < -0.4 is 20.9 Å². The van der Waals surface area contributed by atoms with Crippen LogP contribution in [-0.2, 0) is 4.79 Å². The van der Waals surface area contributed by atoms with E-state index in [9.17, 15) is 14.4 Å². The average Bonchev–Trinajstić information content (AvgIpc) is 3.02. The van der Waals surface area contributed by atoms with E-state index in [1.165, 1.54) is 0 Å². The highest BCUT2D eigenvalue weighted by atomic mass is 16.5. The molecule has 26 heavy (non-hydrogen) atoms. The average molecular weight is 362 g/mol. The number of hydrazine groups is 1. The number of ether oxygens (including phenoxy) is 1. The van der Waals surface area contributed by atoms with Crippen molar-refractivity contribution in [2.24, 2.45) is 5.92 Å². The molecule has 9 heteroatoms. The van der Waals surface area contributed by atoms with E-state index in [0.29, 0.717) is 12.2 Å². The van der Waals surface area contributed by atoms with Gasteiger partial charge in [-0.1, -0.05) is 19.9 Å².